The smallest absolute Gasteiger partial charge is 0.550 e. The number of rotatable bonds is 2. The van der Waals surface area contributed by atoms with E-state index in [-0.39, 0.29) is 36.0 Å². The molecule has 0 spiro atoms. The first-order valence-electron chi connectivity index (χ1n) is 4.40. The summed E-state index contributed by atoms with van der Waals surface area (Å²) in [5.41, 5.74) is 1.39. The Labute approximate surface area is 120 Å². The van der Waals surface area contributed by atoms with Crippen LogP contribution < -0.4 is 34.7 Å². The van der Waals surface area contributed by atoms with Gasteiger partial charge in [-0.25, -0.2) is 0 Å². The maximum Gasteiger partial charge on any atom is 1.00 e. The topological polar surface area (TPSA) is 53.0 Å². The molecule has 0 aliphatic rings. The van der Waals surface area contributed by atoms with Crippen LogP contribution in [0.5, 0.6) is 0 Å². The second-order valence-corrected chi connectivity index (χ2v) is 3.62. The van der Waals surface area contributed by atoms with Gasteiger partial charge in [-0.2, -0.15) is 0 Å². The van der Waals surface area contributed by atoms with Gasteiger partial charge in [-0.05, 0) is 23.8 Å². The van der Waals surface area contributed by atoms with Crippen molar-refractivity contribution in [2.75, 3.05) is 0 Å². The molecule has 1 aromatic heterocycles. The fraction of sp³-hybridized carbons (Fsp3) is 0.0909. The number of carbonyl (C=O) groups is 1. The molecule has 0 aliphatic carbocycles. The molecule has 76 valence electrons. The molecule has 5 heteroatoms. The number of carboxylic acid groups (broad SMARTS) is 1. The minimum absolute atomic E-state index is 0. The first-order chi connectivity index (χ1) is 7.16. The van der Waals surface area contributed by atoms with Crippen molar-refractivity contribution in [3.63, 3.8) is 0 Å². The molecule has 1 heterocycles. The Kier molecular flexibility index (Phi) is 4.74. The molecule has 0 amide bonds. The third-order valence-corrected chi connectivity index (χ3v) is 2.36. The molecule has 0 atom stereocenters. The van der Waals surface area contributed by atoms with E-state index in [0.717, 1.165) is 5.39 Å². The van der Waals surface area contributed by atoms with Crippen molar-refractivity contribution in [2.45, 2.75) is 6.42 Å². The summed E-state index contributed by atoms with van der Waals surface area (Å²) in [6.45, 7) is 0. The summed E-state index contributed by atoms with van der Waals surface area (Å²) in [6, 6.07) is 6.86. The maximum atomic E-state index is 10.5. The average molecular weight is 244 g/mol. The zero-order valence-corrected chi connectivity index (χ0v) is 11.5. The normalized spacial score (nSPS) is 9.81. The van der Waals surface area contributed by atoms with Crippen molar-refractivity contribution in [1.29, 1.82) is 0 Å². The Morgan fingerprint density at radius 3 is 2.81 bits per heavy atom. The van der Waals surface area contributed by atoms with Gasteiger partial charge >= 0.3 is 29.6 Å². The largest absolute Gasteiger partial charge is 1.00 e. The van der Waals surface area contributed by atoms with Crippen LogP contribution in [-0.2, 0) is 11.2 Å². The molecule has 0 aliphatic heterocycles. The fourth-order valence-corrected chi connectivity index (χ4v) is 1.66. The van der Waals surface area contributed by atoms with Crippen LogP contribution in [0.4, 0.5) is 0 Å². The third-order valence-electron chi connectivity index (χ3n) is 2.13. The summed E-state index contributed by atoms with van der Waals surface area (Å²) < 4.78 is 0. The zero-order valence-electron chi connectivity index (χ0n) is 8.74. The summed E-state index contributed by atoms with van der Waals surface area (Å²) in [6.07, 6.45) is 1.46. The van der Waals surface area contributed by atoms with E-state index in [9.17, 15) is 9.90 Å². The van der Waals surface area contributed by atoms with Gasteiger partial charge in [0.1, 0.15) is 0 Å². The number of fused-ring (bicyclic) bond motifs is 1. The Morgan fingerprint density at radius 2 is 2.12 bits per heavy atom. The van der Waals surface area contributed by atoms with Crippen LogP contribution >= 0.6 is 11.6 Å². The molecule has 0 unspecified atom stereocenters. The number of hydrogen-bond donors (Lipinski definition) is 0. The van der Waals surface area contributed by atoms with Crippen molar-refractivity contribution in [1.82, 2.24) is 4.98 Å². The van der Waals surface area contributed by atoms with E-state index in [2.05, 4.69) is 4.98 Å². The van der Waals surface area contributed by atoms with E-state index in [0.29, 0.717) is 16.1 Å². The Balaban J connectivity index is 0.00000128. The molecule has 1 aromatic carbocycles. The molecule has 3 nitrogen and oxygen atoms in total. The molecule has 0 saturated heterocycles. The van der Waals surface area contributed by atoms with Crippen LogP contribution in [0.15, 0.2) is 30.5 Å². The minimum atomic E-state index is -1.10. The summed E-state index contributed by atoms with van der Waals surface area (Å²) >= 11 is 5.81. The van der Waals surface area contributed by atoms with Gasteiger partial charge in [-0.3, -0.25) is 4.98 Å². The predicted octanol–water partition coefficient (Wildman–Crippen LogP) is -1.82. The number of pyridine rings is 1. The van der Waals surface area contributed by atoms with Crippen LogP contribution in [0.2, 0.25) is 5.02 Å². The van der Waals surface area contributed by atoms with Crippen LogP contribution in [0.3, 0.4) is 0 Å². The molecule has 0 bridgehead atoms. The monoisotopic (exact) mass is 243 g/mol. The van der Waals surface area contributed by atoms with E-state index < -0.39 is 5.97 Å². The Morgan fingerprint density at radius 1 is 1.38 bits per heavy atom. The number of aliphatic carboxylic acids is 1. The van der Waals surface area contributed by atoms with Crippen molar-refractivity contribution in [3.8, 4) is 0 Å². The van der Waals surface area contributed by atoms with Crippen LogP contribution in [-0.4, -0.2) is 11.0 Å². The standard InChI is InChI=1S/C11H8ClNO2.Na/c12-8-1-2-9-7(5-11(14)15)3-4-13-10(9)6-8;/h1-4,6H,5H2,(H,14,15);/q;+1/p-1. The van der Waals surface area contributed by atoms with Gasteiger partial charge in [0.05, 0.1) is 5.52 Å². The molecule has 0 N–H and O–H groups in total. The van der Waals surface area contributed by atoms with Gasteiger partial charge < -0.3 is 9.90 Å². The molecule has 0 saturated carbocycles. The van der Waals surface area contributed by atoms with Gasteiger partial charge in [0.2, 0.25) is 0 Å². The maximum absolute atomic E-state index is 10.5. The van der Waals surface area contributed by atoms with E-state index in [1.807, 2.05) is 0 Å². The zero-order chi connectivity index (χ0) is 10.8. The third kappa shape index (κ3) is 2.95. The van der Waals surface area contributed by atoms with E-state index >= 15 is 0 Å². The van der Waals surface area contributed by atoms with Gasteiger partial charge in [0.15, 0.2) is 0 Å². The number of carbonyl (C=O) groups excluding carboxylic acids is 1. The molecule has 0 fully saturated rings. The van der Waals surface area contributed by atoms with Gasteiger partial charge in [-0.15, -0.1) is 0 Å². The van der Waals surface area contributed by atoms with E-state index in [1.54, 1.807) is 30.5 Å². The second kappa shape index (κ2) is 5.64. The quantitative estimate of drug-likeness (QED) is 0.584. The van der Waals surface area contributed by atoms with Gasteiger partial charge in [0.25, 0.3) is 0 Å². The van der Waals surface area contributed by atoms with Crippen molar-refractivity contribution in [2.24, 2.45) is 0 Å². The number of hydrogen-bond acceptors (Lipinski definition) is 3. The summed E-state index contributed by atoms with van der Waals surface area (Å²) in [5.74, 6) is -1.10. The average Bonchev–Trinajstić information content (AvgIpc) is 2.16. The van der Waals surface area contributed by atoms with Gasteiger partial charge in [0, 0.05) is 29.0 Å². The van der Waals surface area contributed by atoms with E-state index in [4.69, 9.17) is 11.6 Å². The fourth-order valence-electron chi connectivity index (χ4n) is 1.49. The first-order valence-corrected chi connectivity index (χ1v) is 4.77. The minimum Gasteiger partial charge on any atom is -0.550 e. The Bertz CT molecular complexity index is 530. The van der Waals surface area contributed by atoms with Gasteiger partial charge in [-0.1, -0.05) is 17.7 Å². The number of halogens is 1. The number of nitrogens with zero attached hydrogens (tertiary/aromatic N) is 1. The summed E-state index contributed by atoms with van der Waals surface area (Å²) in [7, 11) is 0. The van der Waals surface area contributed by atoms with Crippen LogP contribution in [0.1, 0.15) is 5.56 Å². The van der Waals surface area contributed by atoms with Crippen molar-refractivity contribution >= 4 is 28.5 Å². The van der Waals surface area contributed by atoms with Crippen molar-refractivity contribution < 1.29 is 39.5 Å². The molecular weight excluding hydrogens is 237 g/mol. The molecule has 2 rings (SSSR count). The first kappa shape index (κ1) is 13.5. The number of carboxylic acids is 1. The van der Waals surface area contributed by atoms with Crippen LogP contribution in [0.25, 0.3) is 10.9 Å². The van der Waals surface area contributed by atoms with E-state index in [1.165, 1.54) is 0 Å². The molecule has 0 radical (unpaired) electrons. The van der Waals surface area contributed by atoms with Crippen LogP contribution in [0, 0.1) is 0 Å². The number of benzene rings is 1. The number of aromatic nitrogens is 1. The molecule has 2 aromatic rings. The second-order valence-electron chi connectivity index (χ2n) is 3.18. The molecule has 16 heavy (non-hydrogen) atoms. The molecular formula is C11H7ClNNaO2. The predicted molar refractivity (Wildman–Crippen MR) is 55.5 cm³/mol. The summed E-state index contributed by atoms with van der Waals surface area (Å²) in [5, 5.41) is 11.9. The summed E-state index contributed by atoms with van der Waals surface area (Å²) in [4.78, 5) is 14.6. The SMILES string of the molecule is O=C([O-])Cc1ccnc2cc(Cl)ccc12.[Na+]. The Hall–Kier alpha value is -0.610. The van der Waals surface area contributed by atoms with Crippen molar-refractivity contribution in [3.05, 3.63) is 41.0 Å².